The summed E-state index contributed by atoms with van der Waals surface area (Å²) in [4.78, 5) is 29.7. The smallest absolute Gasteiger partial charge is 0.310 e. The number of rotatable bonds is 5. The van der Waals surface area contributed by atoms with Crippen molar-refractivity contribution in [3.63, 3.8) is 0 Å². The number of urea groups is 1. The Morgan fingerprint density at radius 1 is 1.00 bits per heavy atom. The number of amides is 2. The van der Waals surface area contributed by atoms with Gasteiger partial charge in [0.15, 0.2) is 5.82 Å². The van der Waals surface area contributed by atoms with Crippen LogP contribution in [0.15, 0.2) is 61.6 Å². The third kappa shape index (κ3) is 3.41. The van der Waals surface area contributed by atoms with Gasteiger partial charge in [-0.05, 0) is 38.1 Å². The third-order valence-electron chi connectivity index (χ3n) is 5.19. The summed E-state index contributed by atoms with van der Waals surface area (Å²) in [6.07, 6.45) is 8.60. The fraction of sp³-hybridized carbons (Fsp3) is 0.238. The molecule has 5 rings (SSSR count). The molecule has 0 radical (unpaired) electrons. The summed E-state index contributed by atoms with van der Waals surface area (Å²) < 4.78 is 3.77. The van der Waals surface area contributed by atoms with Crippen LogP contribution >= 0.6 is 0 Å². The Morgan fingerprint density at radius 2 is 1.87 bits per heavy atom. The molecule has 1 aliphatic rings. The van der Waals surface area contributed by atoms with Crippen molar-refractivity contribution in [2.45, 2.75) is 19.9 Å². The van der Waals surface area contributed by atoms with Crippen LogP contribution in [-0.2, 0) is 0 Å². The van der Waals surface area contributed by atoms with Gasteiger partial charge in [-0.25, -0.2) is 19.7 Å². The van der Waals surface area contributed by atoms with Gasteiger partial charge in [0.25, 0.3) is 0 Å². The van der Waals surface area contributed by atoms with Crippen molar-refractivity contribution in [3.8, 4) is 17.3 Å². The summed E-state index contributed by atoms with van der Waals surface area (Å²) >= 11 is 0. The highest BCUT2D eigenvalue weighted by atomic mass is 16.2. The number of anilines is 2. The molecule has 1 saturated heterocycles. The van der Waals surface area contributed by atoms with E-state index in [1.165, 1.54) is 0 Å². The second-order valence-corrected chi connectivity index (χ2v) is 7.47. The third-order valence-corrected chi connectivity index (χ3v) is 5.19. The lowest BCUT2D eigenvalue weighted by Crippen LogP contribution is -2.32. The molecule has 10 heteroatoms. The Hall–Kier alpha value is -4.08. The number of imidazole rings is 1. The van der Waals surface area contributed by atoms with Crippen LogP contribution in [0.2, 0.25) is 0 Å². The van der Waals surface area contributed by atoms with E-state index in [-0.39, 0.29) is 12.1 Å². The zero-order valence-corrected chi connectivity index (χ0v) is 17.2. The molecule has 0 aromatic carbocycles. The predicted molar refractivity (Wildman–Crippen MR) is 115 cm³/mol. The molecule has 0 saturated carbocycles. The van der Waals surface area contributed by atoms with Crippen LogP contribution < -0.4 is 9.80 Å². The van der Waals surface area contributed by atoms with Gasteiger partial charge in [0, 0.05) is 31.5 Å². The van der Waals surface area contributed by atoms with Crippen molar-refractivity contribution in [1.82, 2.24) is 34.3 Å². The molecule has 0 unspecified atom stereocenters. The second-order valence-electron chi connectivity index (χ2n) is 7.47. The van der Waals surface area contributed by atoms with Gasteiger partial charge < -0.3 is 4.57 Å². The van der Waals surface area contributed by atoms with Crippen molar-refractivity contribution >= 4 is 17.5 Å². The van der Waals surface area contributed by atoms with Crippen LogP contribution in [0.5, 0.6) is 0 Å². The zero-order chi connectivity index (χ0) is 21.4. The molecule has 10 nitrogen and oxygen atoms in total. The molecule has 0 N–H and O–H groups in total. The van der Waals surface area contributed by atoms with Crippen molar-refractivity contribution in [2.75, 3.05) is 22.9 Å². The molecule has 1 aliphatic heterocycles. The first kappa shape index (κ1) is 18.9. The quantitative estimate of drug-likeness (QED) is 0.497. The van der Waals surface area contributed by atoms with E-state index in [0.717, 1.165) is 11.5 Å². The van der Waals surface area contributed by atoms with Crippen LogP contribution in [0.3, 0.4) is 0 Å². The summed E-state index contributed by atoms with van der Waals surface area (Å²) in [6, 6.07) is 9.42. The molecule has 31 heavy (non-hydrogen) atoms. The van der Waals surface area contributed by atoms with Crippen LogP contribution in [0.25, 0.3) is 17.3 Å². The van der Waals surface area contributed by atoms with E-state index in [0.29, 0.717) is 30.4 Å². The van der Waals surface area contributed by atoms with Crippen molar-refractivity contribution < 1.29 is 4.79 Å². The molecule has 156 valence electrons. The van der Waals surface area contributed by atoms with Gasteiger partial charge in [0.05, 0.1) is 11.9 Å². The summed E-state index contributed by atoms with van der Waals surface area (Å²) in [5, 5.41) is 8.22. The minimum absolute atomic E-state index is 0.132. The normalized spacial score (nSPS) is 14.1. The van der Waals surface area contributed by atoms with Gasteiger partial charge in [-0.1, -0.05) is 6.07 Å². The van der Waals surface area contributed by atoms with E-state index in [1.807, 2.05) is 45.7 Å². The average Bonchev–Trinajstić information content (AvgIpc) is 3.55. The number of carbonyl (C=O) groups is 1. The van der Waals surface area contributed by atoms with Crippen molar-refractivity contribution in [1.29, 1.82) is 0 Å². The maximum Gasteiger partial charge on any atom is 0.330 e. The topological polar surface area (TPSA) is 97.9 Å². The highest BCUT2D eigenvalue weighted by molar-refractivity contribution is 6.05. The van der Waals surface area contributed by atoms with Crippen molar-refractivity contribution in [3.05, 3.63) is 61.6 Å². The van der Waals surface area contributed by atoms with Crippen LogP contribution in [-0.4, -0.2) is 53.4 Å². The Labute approximate surface area is 178 Å². The summed E-state index contributed by atoms with van der Waals surface area (Å²) in [5.41, 5.74) is 1.42. The molecular formula is C21H21N9O. The summed E-state index contributed by atoms with van der Waals surface area (Å²) in [7, 11) is 0. The van der Waals surface area contributed by atoms with E-state index in [1.54, 1.807) is 34.8 Å². The Balaban J connectivity index is 1.38. The standard InChI is InChI=1S/C21H21N9O/c1-15(2)30-14-24-26-20(30)17-4-3-5-19(25-17)29-11-10-28(21(29)31)16-6-7-18(23-12-16)27-9-8-22-13-27/h3-9,12-15H,10-11H2,1-2H3. The van der Waals surface area contributed by atoms with Gasteiger partial charge >= 0.3 is 6.03 Å². The molecule has 4 aromatic rings. The van der Waals surface area contributed by atoms with E-state index < -0.39 is 0 Å². The molecule has 0 spiro atoms. The minimum atomic E-state index is -0.132. The summed E-state index contributed by atoms with van der Waals surface area (Å²) in [6.45, 7) is 5.21. The Kier molecular flexibility index (Phi) is 4.66. The molecule has 5 heterocycles. The number of carbonyl (C=O) groups excluding carboxylic acids is 1. The Bertz CT molecular complexity index is 1200. The van der Waals surface area contributed by atoms with Crippen LogP contribution in [0.1, 0.15) is 19.9 Å². The Morgan fingerprint density at radius 3 is 2.61 bits per heavy atom. The van der Waals surface area contributed by atoms with Crippen LogP contribution in [0, 0.1) is 0 Å². The minimum Gasteiger partial charge on any atom is -0.310 e. The lowest BCUT2D eigenvalue weighted by Gasteiger charge is -2.18. The van der Waals surface area contributed by atoms with E-state index >= 15 is 0 Å². The monoisotopic (exact) mass is 415 g/mol. The SMILES string of the molecule is CC(C)n1cnnc1-c1cccc(N2CCN(c3ccc(-n4ccnc4)nc3)C2=O)n1. The maximum atomic E-state index is 13.1. The number of pyridine rings is 2. The fourth-order valence-electron chi connectivity index (χ4n) is 3.58. The fourth-order valence-corrected chi connectivity index (χ4v) is 3.58. The van der Waals surface area contributed by atoms with Gasteiger partial charge in [-0.3, -0.25) is 14.4 Å². The molecule has 0 atom stereocenters. The number of hydrogen-bond donors (Lipinski definition) is 0. The molecular weight excluding hydrogens is 394 g/mol. The summed E-state index contributed by atoms with van der Waals surface area (Å²) in [5.74, 6) is 2.01. The van der Waals surface area contributed by atoms with Crippen LogP contribution in [0.4, 0.5) is 16.3 Å². The molecule has 2 amide bonds. The number of aromatic nitrogens is 7. The highest BCUT2D eigenvalue weighted by Gasteiger charge is 2.32. The first-order chi connectivity index (χ1) is 15.1. The lowest BCUT2D eigenvalue weighted by atomic mass is 10.3. The predicted octanol–water partition coefficient (Wildman–Crippen LogP) is 2.95. The lowest BCUT2D eigenvalue weighted by molar-refractivity contribution is 0.255. The molecule has 0 bridgehead atoms. The first-order valence-corrected chi connectivity index (χ1v) is 10.0. The van der Waals surface area contributed by atoms with Gasteiger partial charge in [0.1, 0.15) is 30.0 Å². The van der Waals surface area contributed by atoms with E-state index in [2.05, 4.69) is 34.0 Å². The number of nitrogens with zero attached hydrogens (tertiary/aromatic N) is 9. The molecule has 0 aliphatic carbocycles. The molecule has 4 aromatic heterocycles. The first-order valence-electron chi connectivity index (χ1n) is 10.0. The number of hydrogen-bond acceptors (Lipinski definition) is 6. The van der Waals surface area contributed by atoms with E-state index in [9.17, 15) is 4.79 Å². The molecule has 1 fully saturated rings. The second kappa shape index (κ2) is 7.63. The highest BCUT2D eigenvalue weighted by Crippen LogP contribution is 2.26. The van der Waals surface area contributed by atoms with Gasteiger partial charge in [-0.15, -0.1) is 10.2 Å². The average molecular weight is 415 g/mol. The largest absolute Gasteiger partial charge is 0.330 e. The zero-order valence-electron chi connectivity index (χ0n) is 17.2. The van der Waals surface area contributed by atoms with Gasteiger partial charge in [-0.2, -0.15) is 0 Å². The van der Waals surface area contributed by atoms with E-state index in [4.69, 9.17) is 4.98 Å². The van der Waals surface area contributed by atoms with Crippen molar-refractivity contribution in [2.24, 2.45) is 0 Å². The van der Waals surface area contributed by atoms with Gasteiger partial charge in [0.2, 0.25) is 0 Å². The maximum absolute atomic E-state index is 13.1.